The number of aliphatic carboxylic acids is 2. The average Bonchev–Trinajstić information content (AvgIpc) is 2.47. The molecule has 0 radical (unpaired) electrons. The van der Waals surface area contributed by atoms with Crippen molar-refractivity contribution in [1.82, 2.24) is 4.90 Å². The van der Waals surface area contributed by atoms with Gasteiger partial charge in [0.1, 0.15) is 0 Å². The fraction of sp³-hybridized carbons (Fsp3) is 0.889. The molecule has 23 heavy (non-hydrogen) atoms. The summed E-state index contributed by atoms with van der Waals surface area (Å²) in [4.78, 5) is 21.6. The lowest BCUT2D eigenvalue weighted by molar-refractivity contribution is -0.143. The molecule has 0 amide bonds. The summed E-state index contributed by atoms with van der Waals surface area (Å²) in [5.74, 6) is -2.15. The highest BCUT2D eigenvalue weighted by Crippen LogP contribution is 2.10. The Balaban J connectivity index is 0. The third-order valence-corrected chi connectivity index (χ3v) is 3.51. The van der Waals surface area contributed by atoms with Gasteiger partial charge in [-0.25, -0.2) is 0 Å². The van der Waals surface area contributed by atoms with Crippen LogP contribution >= 0.6 is 0 Å². The number of hydrogen-bond acceptors (Lipinski definition) is 3. The second-order valence-corrected chi connectivity index (χ2v) is 6.27. The Bertz CT molecular complexity index is 266. The van der Waals surface area contributed by atoms with E-state index < -0.39 is 11.9 Å². The smallest absolute Gasteiger partial charge is 0.303 e. The summed E-state index contributed by atoms with van der Waals surface area (Å²) < 4.78 is 0. The molecule has 0 rings (SSSR count). The van der Waals surface area contributed by atoms with Gasteiger partial charge in [-0.3, -0.25) is 9.59 Å². The standard InChI is InChI=1S/C14H31N.C4H6O4/c1-4-5-6-7-8-9-10-11-12-13-14-15(2)3;5-3(6)1-2-4(7)8/h4-14H2,1-3H3;1-2H2,(H,5,6)(H,7,8). The van der Waals surface area contributed by atoms with E-state index in [2.05, 4.69) is 25.9 Å². The molecule has 0 aromatic carbocycles. The van der Waals surface area contributed by atoms with Gasteiger partial charge in [-0.15, -0.1) is 0 Å². The van der Waals surface area contributed by atoms with Crippen LogP contribution < -0.4 is 0 Å². The Morgan fingerprint density at radius 1 is 0.696 bits per heavy atom. The van der Waals surface area contributed by atoms with Crippen LogP contribution in [0.1, 0.15) is 84.0 Å². The van der Waals surface area contributed by atoms with Crippen molar-refractivity contribution in [1.29, 1.82) is 0 Å². The average molecular weight is 331 g/mol. The number of carbonyl (C=O) groups is 2. The Morgan fingerprint density at radius 2 is 1.04 bits per heavy atom. The van der Waals surface area contributed by atoms with Crippen LogP contribution in [0.5, 0.6) is 0 Å². The van der Waals surface area contributed by atoms with Crippen molar-refractivity contribution in [2.24, 2.45) is 0 Å². The molecule has 0 saturated carbocycles. The quantitative estimate of drug-likeness (QED) is 0.461. The molecule has 5 nitrogen and oxygen atoms in total. The van der Waals surface area contributed by atoms with Gasteiger partial charge < -0.3 is 15.1 Å². The number of rotatable bonds is 14. The van der Waals surface area contributed by atoms with Gasteiger partial charge in [0, 0.05) is 0 Å². The predicted octanol–water partition coefficient (Wildman–Crippen LogP) is 4.40. The lowest BCUT2D eigenvalue weighted by Gasteiger charge is -2.08. The number of nitrogens with zero attached hydrogens (tertiary/aromatic N) is 1. The Morgan fingerprint density at radius 3 is 1.35 bits per heavy atom. The zero-order valence-electron chi connectivity index (χ0n) is 15.4. The summed E-state index contributed by atoms with van der Waals surface area (Å²) in [7, 11) is 4.32. The van der Waals surface area contributed by atoms with Gasteiger partial charge >= 0.3 is 11.9 Å². The van der Waals surface area contributed by atoms with Crippen molar-refractivity contribution >= 4 is 11.9 Å². The number of carboxylic acids is 2. The highest BCUT2D eigenvalue weighted by atomic mass is 16.4. The van der Waals surface area contributed by atoms with Crippen molar-refractivity contribution in [3.63, 3.8) is 0 Å². The molecule has 0 aromatic rings. The summed E-state index contributed by atoms with van der Waals surface area (Å²) in [5, 5.41) is 15.8. The van der Waals surface area contributed by atoms with E-state index in [0.717, 1.165) is 0 Å². The fourth-order valence-corrected chi connectivity index (χ4v) is 2.13. The molecule has 0 heterocycles. The van der Waals surface area contributed by atoms with Gasteiger partial charge in [-0.05, 0) is 27.1 Å². The minimum atomic E-state index is -1.08. The van der Waals surface area contributed by atoms with Crippen molar-refractivity contribution in [2.75, 3.05) is 20.6 Å². The van der Waals surface area contributed by atoms with Gasteiger partial charge in [-0.2, -0.15) is 0 Å². The fourth-order valence-electron chi connectivity index (χ4n) is 2.13. The summed E-state index contributed by atoms with van der Waals surface area (Å²) >= 11 is 0. The molecule has 5 heteroatoms. The van der Waals surface area contributed by atoms with Crippen LogP contribution in [0.4, 0.5) is 0 Å². The van der Waals surface area contributed by atoms with Crippen LogP contribution in [-0.2, 0) is 9.59 Å². The lowest BCUT2D eigenvalue weighted by Crippen LogP contribution is -2.12. The molecule has 0 spiro atoms. The van der Waals surface area contributed by atoms with Crippen LogP contribution in [0.25, 0.3) is 0 Å². The minimum absolute atomic E-state index is 0.296. The molecule has 138 valence electrons. The molecule has 0 aliphatic rings. The molecule has 0 aromatic heterocycles. The first kappa shape index (κ1) is 24.2. The maximum absolute atomic E-state index is 9.64. The Labute approximate surface area is 142 Å². The lowest BCUT2D eigenvalue weighted by atomic mass is 10.1. The molecule has 0 aliphatic carbocycles. The van der Waals surface area contributed by atoms with E-state index in [1.807, 2.05) is 0 Å². The van der Waals surface area contributed by atoms with Crippen LogP contribution in [0.3, 0.4) is 0 Å². The molecule has 2 N–H and O–H groups in total. The van der Waals surface area contributed by atoms with Crippen molar-refractivity contribution < 1.29 is 19.8 Å². The van der Waals surface area contributed by atoms with Crippen LogP contribution in [0.15, 0.2) is 0 Å². The number of carboxylic acid groups (broad SMARTS) is 2. The normalized spacial score (nSPS) is 10.3. The summed E-state index contributed by atoms with van der Waals surface area (Å²) in [6.45, 7) is 3.54. The van der Waals surface area contributed by atoms with Crippen LogP contribution in [0.2, 0.25) is 0 Å². The summed E-state index contributed by atoms with van der Waals surface area (Å²) in [6.07, 6.45) is 13.8. The van der Waals surface area contributed by atoms with Gasteiger partial charge in [0.05, 0.1) is 12.8 Å². The van der Waals surface area contributed by atoms with Crippen molar-refractivity contribution in [3.8, 4) is 0 Å². The molecule has 0 bridgehead atoms. The van der Waals surface area contributed by atoms with Gasteiger partial charge in [0.2, 0.25) is 0 Å². The zero-order chi connectivity index (χ0) is 17.9. The van der Waals surface area contributed by atoms with E-state index in [1.54, 1.807) is 0 Å². The molecule has 0 aliphatic heterocycles. The molecule has 0 saturated heterocycles. The highest BCUT2D eigenvalue weighted by molar-refractivity contribution is 5.75. The van der Waals surface area contributed by atoms with Crippen molar-refractivity contribution in [3.05, 3.63) is 0 Å². The molecule has 0 unspecified atom stereocenters. The second kappa shape index (κ2) is 18.9. The zero-order valence-corrected chi connectivity index (χ0v) is 15.4. The van der Waals surface area contributed by atoms with Gasteiger partial charge in [0.15, 0.2) is 0 Å². The largest absolute Gasteiger partial charge is 0.481 e. The Hall–Kier alpha value is -1.10. The highest BCUT2D eigenvalue weighted by Gasteiger charge is 2.00. The maximum atomic E-state index is 9.64. The topological polar surface area (TPSA) is 77.8 Å². The molecule has 0 atom stereocenters. The molecule has 0 fully saturated rings. The first-order valence-corrected chi connectivity index (χ1v) is 8.98. The van der Waals surface area contributed by atoms with Crippen LogP contribution in [0, 0.1) is 0 Å². The summed E-state index contributed by atoms with van der Waals surface area (Å²) in [6, 6.07) is 0. The summed E-state index contributed by atoms with van der Waals surface area (Å²) in [5.41, 5.74) is 0. The number of unbranched alkanes of at least 4 members (excludes halogenated alkanes) is 9. The van der Waals surface area contributed by atoms with E-state index in [1.165, 1.54) is 70.8 Å². The van der Waals surface area contributed by atoms with E-state index in [4.69, 9.17) is 10.2 Å². The maximum Gasteiger partial charge on any atom is 0.303 e. The monoisotopic (exact) mass is 331 g/mol. The van der Waals surface area contributed by atoms with E-state index >= 15 is 0 Å². The first-order chi connectivity index (χ1) is 10.9. The van der Waals surface area contributed by atoms with E-state index in [0.29, 0.717) is 0 Å². The van der Waals surface area contributed by atoms with Crippen LogP contribution in [-0.4, -0.2) is 47.7 Å². The third kappa shape index (κ3) is 29.5. The van der Waals surface area contributed by atoms with Gasteiger partial charge in [-0.1, -0.05) is 64.7 Å². The first-order valence-electron chi connectivity index (χ1n) is 8.98. The Kier molecular flexibility index (Phi) is 19.9. The third-order valence-electron chi connectivity index (χ3n) is 3.51. The molecular formula is C18H37NO4. The van der Waals surface area contributed by atoms with E-state index in [-0.39, 0.29) is 12.8 Å². The predicted molar refractivity (Wildman–Crippen MR) is 94.9 cm³/mol. The molecular weight excluding hydrogens is 294 g/mol. The van der Waals surface area contributed by atoms with Gasteiger partial charge in [0.25, 0.3) is 0 Å². The van der Waals surface area contributed by atoms with Crippen molar-refractivity contribution in [2.45, 2.75) is 84.0 Å². The van der Waals surface area contributed by atoms with E-state index in [9.17, 15) is 9.59 Å². The second-order valence-electron chi connectivity index (χ2n) is 6.27. The number of hydrogen-bond donors (Lipinski definition) is 2. The SMILES string of the molecule is CCCCCCCCCCCCN(C)C.O=C(O)CCC(=O)O. The minimum Gasteiger partial charge on any atom is -0.481 e.